The third-order valence-corrected chi connectivity index (χ3v) is 6.39. The molecule has 142 valence electrons. The second kappa shape index (κ2) is 6.21. The van der Waals surface area contributed by atoms with Crippen LogP contribution in [0.5, 0.6) is 0 Å². The van der Waals surface area contributed by atoms with Crippen LogP contribution in [-0.2, 0) is 4.74 Å². The molecule has 27 heavy (non-hydrogen) atoms. The van der Waals surface area contributed by atoms with Gasteiger partial charge in [-0.25, -0.2) is 0 Å². The fourth-order valence-corrected chi connectivity index (χ4v) is 5.08. The van der Waals surface area contributed by atoms with Crippen molar-refractivity contribution in [1.82, 2.24) is 15.5 Å². The van der Waals surface area contributed by atoms with E-state index in [9.17, 15) is 4.79 Å². The Hall–Kier alpha value is -2.12. The Labute approximate surface area is 162 Å². The van der Waals surface area contributed by atoms with E-state index in [4.69, 9.17) is 20.8 Å². The lowest BCUT2D eigenvalue weighted by Gasteiger charge is -2.29. The number of halogens is 1. The number of nitrogens with zero attached hydrogens (tertiary/aromatic N) is 3. The van der Waals surface area contributed by atoms with Crippen LogP contribution < -0.4 is 10.2 Å². The molecule has 1 spiro atoms. The smallest absolute Gasteiger partial charge is 0.287 e. The molecule has 7 nitrogen and oxygen atoms in total. The minimum Gasteiger partial charge on any atom is -0.440 e. The van der Waals surface area contributed by atoms with E-state index in [2.05, 4.69) is 20.4 Å². The number of aryl methyl sites for hydroxylation is 1. The van der Waals surface area contributed by atoms with Crippen molar-refractivity contribution >= 4 is 23.3 Å². The van der Waals surface area contributed by atoms with Crippen LogP contribution in [-0.4, -0.2) is 47.4 Å². The zero-order valence-corrected chi connectivity index (χ0v) is 15.8. The number of amides is 1. The van der Waals surface area contributed by atoms with Gasteiger partial charge in [0, 0.05) is 31.5 Å². The maximum Gasteiger partial charge on any atom is 0.287 e. The summed E-state index contributed by atoms with van der Waals surface area (Å²) in [4.78, 5) is 14.6. The Balaban J connectivity index is 1.29. The van der Waals surface area contributed by atoms with Gasteiger partial charge in [-0.3, -0.25) is 4.79 Å². The fourth-order valence-electron chi connectivity index (χ4n) is 4.93. The number of nitrogens with one attached hydrogen (secondary N) is 1. The highest BCUT2D eigenvalue weighted by Crippen LogP contribution is 2.55. The first-order valence-corrected chi connectivity index (χ1v) is 9.68. The van der Waals surface area contributed by atoms with Gasteiger partial charge in [-0.15, -0.1) is 5.10 Å². The second-order valence-corrected chi connectivity index (χ2v) is 8.13. The number of anilines is 1. The van der Waals surface area contributed by atoms with Crippen LogP contribution in [0.25, 0.3) is 0 Å². The molecule has 3 aliphatic rings. The average molecular weight is 389 g/mol. The van der Waals surface area contributed by atoms with E-state index < -0.39 is 0 Å². The molecule has 0 saturated carbocycles. The maximum absolute atomic E-state index is 12.3. The van der Waals surface area contributed by atoms with E-state index in [-0.39, 0.29) is 34.5 Å². The van der Waals surface area contributed by atoms with Gasteiger partial charge < -0.3 is 19.4 Å². The van der Waals surface area contributed by atoms with E-state index in [1.165, 1.54) is 0 Å². The molecule has 1 amide bonds. The van der Waals surface area contributed by atoms with Crippen molar-refractivity contribution in [3.63, 3.8) is 0 Å². The topological polar surface area (TPSA) is 80.5 Å². The summed E-state index contributed by atoms with van der Waals surface area (Å²) in [5.41, 5.74) is 0.785. The number of hydrogen-bond acceptors (Lipinski definition) is 6. The largest absolute Gasteiger partial charge is 0.440 e. The molecule has 2 bridgehead atoms. The molecule has 8 heteroatoms. The standard InChI is InChI=1S/C19H21ClN4O3/c1-11-2-5-17(23-22-11)24-9-13-12(14-6-7-19(13,10-24)27-14)8-21-18(25)15-3-4-16(20)26-15/h2-5,12-14H,6-10H2,1H3,(H,21,25)/t12-,13+,14+,19+/m0/s1. The SMILES string of the molecule is Cc1ccc(N2C[C@@H]3[C@H](CNC(=O)c4ccc(Cl)o4)[C@H]4CC[C@]3(C2)O4)nn1. The van der Waals surface area contributed by atoms with Crippen LogP contribution >= 0.6 is 11.6 Å². The molecule has 4 atom stereocenters. The lowest BCUT2D eigenvalue weighted by atomic mass is 9.73. The highest BCUT2D eigenvalue weighted by molar-refractivity contribution is 6.29. The summed E-state index contributed by atoms with van der Waals surface area (Å²) in [5, 5.41) is 11.7. The fraction of sp³-hybridized carbons (Fsp3) is 0.526. The predicted molar refractivity (Wildman–Crippen MR) is 98.9 cm³/mol. The summed E-state index contributed by atoms with van der Waals surface area (Å²) in [6.07, 6.45) is 2.31. The van der Waals surface area contributed by atoms with Gasteiger partial charge in [-0.2, -0.15) is 5.10 Å². The maximum atomic E-state index is 12.3. The zero-order chi connectivity index (χ0) is 18.6. The molecular formula is C19H21ClN4O3. The van der Waals surface area contributed by atoms with Gasteiger partial charge in [0.25, 0.3) is 5.91 Å². The molecule has 2 aromatic heterocycles. The number of furan rings is 1. The van der Waals surface area contributed by atoms with Crippen molar-refractivity contribution in [2.75, 3.05) is 24.5 Å². The van der Waals surface area contributed by atoms with Gasteiger partial charge in [-0.1, -0.05) is 0 Å². The van der Waals surface area contributed by atoms with Crippen molar-refractivity contribution in [2.24, 2.45) is 11.8 Å². The lowest BCUT2D eigenvalue weighted by molar-refractivity contribution is 0.0141. The number of ether oxygens (including phenoxy) is 1. The summed E-state index contributed by atoms with van der Waals surface area (Å²) in [6, 6.07) is 7.16. The third-order valence-electron chi connectivity index (χ3n) is 6.19. The molecule has 0 aromatic carbocycles. The monoisotopic (exact) mass is 388 g/mol. The summed E-state index contributed by atoms with van der Waals surface area (Å²) < 4.78 is 11.6. The van der Waals surface area contributed by atoms with Gasteiger partial charge in [0.05, 0.1) is 17.4 Å². The molecule has 2 aromatic rings. The summed E-state index contributed by atoms with van der Waals surface area (Å²) in [7, 11) is 0. The van der Waals surface area contributed by atoms with Crippen molar-refractivity contribution in [1.29, 1.82) is 0 Å². The first kappa shape index (κ1) is 17.0. The van der Waals surface area contributed by atoms with Crippen LogP contribution in [0.3, 0.4) is 0 Å². The number of rotatable bonds is 4. The highest BCUT2D eigenvalue weighted by Gasteiger charge is 2.63. The first-order valence-electron chi connectivity index (χ1n) is 9.31. The molecule has 3 fully saturated rings. The lowest BCUT2D eigenvalue weighted by Crippen LogP contribution is -2.41. The van der Waals surface area contributed by atoms with Crippen LogP contribution in [0, 0.1) is 18.8 Å². The molecule has 3 aliphatic heterocycles. The summed E-state index contributed by atoms with van der Waals surface area (Å²) in [6.45, 7) is 4.22. The van der Waals surface area contributed by atoms with Crippen LogP contribution in [0.1, 0.15) is 29.1 Å². The second-order valence-electron chi connectivity index (χ2n) is 7.76. The van der Waals surface area contributed by atoms with Crippen molar-refractivity contribution in [2.45, 2.75) is 31.5 Å². The molecule has 5 rings (SSSR count). The van der Waals surface area contributed by atoms with Gasteiger partial charge in [0.1, 0.15) is 0 Å². The quantitative estimate of drug-likeness (QED) is 0.866. The van der Waals surface area contributed by atoms with Gasteiger partial charge in [0.2, 0.25) is 0 Å². The minimum absolute atomic E-state index is 0.124. The van der Waals surface area contributed by atoms with Gasteiger partial charge in [0.15, 0.2) is 16.8 Å². The molecule has 1 N–H and O–H groups in total. The van der Waals surface area contributed by atoms with Crippen LogP contribution in [0.15, 0.2) is 28.7 Å². The highest BCUT2D eigenvalue weighted by atomic mass is 35.5. The number of hydrogen-bond donors (Lipinski definition) is 1. The number of fused-ring (bicyclic) bond motifs is 1. The molecule has 3 saturated heterocycles. The zero-order valence-electron chi connectivity index (χ0n) is 15.0. The Bertz CT molecular complexity index is 870. The molecule has 5 heterocycles. The Morgan fingerprint density at radius 1 is 1.37 bits per heavy atom. The average Bonchev–Trinajstić information content (AvgIpc) is 3.40. The Kier molecular flexibility index (Phi) is 3.91. The van der Waals surface area contributed by atoms with E-state index >= 15 is 0 Å². The number of aromatic nitrogens is 2. The minimum atomic E-state index is -0.238. The third kappa shape index (κ3) is 2.80. The molecule has 0 aliphatic carbocycles. The van der Waals surface area contributed by atoms with Crippen molar-refractivity contribution < 1.29 is 13.9 Å². The van der Waals surface area contributed by atoms with Crippen molar-refractivity contribution in [3.8, 4) is 0 Å². The summed E-state index contributed by atoms with van der Waals surface area (Å²) >= 11 is 5.76. The number of carbonyl (C=O) groups excluding carboxylic acids is 1. The molecule has 0 unspecified atom stereocenters. The Morgan fingerprint density at radius 3 is 3.00 bits per heavy atom. The predicted octanol–water partition coefficient (Wildman–Crippen LogP) is 2.45. The van der Waals surface area contributed by atoms with Crippen molar-refractivity contribution in [3.05, 3.63) is 40.9 Å². The van der Waals surface area contributed by atoms with Gasteiger partial charge >= 0.3 is 0 Å². The number of carbonyl (C=O) groups is 1. The normalized spacial score (nSPS) is 31.3. The van der Waals surface area contributed by atoms with E-state index in [0.29, 0.717) is 12.5 Å². The molecular weight excluding hydrogens is 368 g/mol. The van der Waals surface area contributed by atoms with E-state index in [0.717, 1.165) is 37.4 Å². The van der Waals surface area contributed by atoms with Gasteiger partial charge in [-0.05, 0) is 55.6 Å². The Morgan fingerprint density at radius 2 is 2.26 bits per heavy atom. The molecule has 0 radical (unpaired) electrons. The summed E-state index contributed by atoms with van der Waals surface area (Å²) in [5.74, 6) is 1.56. The van der Waals surface area contributed by atoms with Crippen LogP contribution in [0.4, 0.5) is 5.82 Å². The van der Waals surface area contributed by atoms with Crippen LogP contribution in [0.2, 0.25) is 5.22 Å². The first-order chi connectivity index (χ1) is 13.0. The van der Waals surface area contributed by atoms with E-state index in [1.807, 2.05) is 19.1 Å². The van der Waals surface area contributed by atoms with E-state index in [1.54, 1.807) is 12.1 Å².